The molecule has 2 unspecified atom stereocenters. The first-order chi connectivity index (χ1) is 8.57. The number of likely N-dealkylation sites (N-methyl/N-ethyl adjacent to an activating group) is 1. The molecule has 0 aromatic carbocycles. The lowest BCUT2D eigenvalue weighted by Gasteiger charge is -2.44. The van der Waals surface area contributed by atoms with Gasteiger partial charge in [-0.05, 0) is 37.6 Å². The van der Waals surface area contributed by atoms with Gasteiger partial charge in [-0.2, -0.15) is 0 Å². The Bertz CT molecular complexity index is 227. The molecule has 2 N–H and O–H groups in total. The lowest BCUT2D eigenvalue weighted by molar-refractivity contribution is 0.0703. The molecule has 0 radical (unpaired) electrons. The summed E-state index contributed by atoms with van der Waals surface area (Å²) < 4.78 is 0. The predicted octanol–water partition coefficient (Wildman–Crippen LogP) is 3.65. The van der Waals surface area contributed by atoms with Crippen LogP contribution in [0.4, 0.5) is 0 Å². The first kappa shape index (κ1) is 16.0. The van der Waals surface area contributed by atoms with Crippen molar-refractivity contribution in [2.24, 2.45) is 17.6 Å². The van der Waals surface area contributed by atoms with Gasteiger partial charge in [-0.15, -0.1) is 0 Å². The van der Waals surface area contributed by atoms with E-state index >= 15 is 0 Å². The van der Waals surface area contributed by atoms with Crippen molar-refractivity contribution < 1.29 is 0 Å². The SMILES string of the molecule is CCC1CCCC(CN)(N(CC)CC(C)C)CC1. The maximum absolute atomic E-state index is 6.21. The second kappa shape index (κ2) is 7.49. The van der Waals surface area contributed by atoms with Crippen LogP contribution in [0.2, 0.25) is 0 Å². The van der Waals surface area contributed by atoms with Crippen LogP contribution in [0.1, 0.15) is 66.2 Å². The van der Waals surface area contributed by atoms with Crippen LogP contribution in [-0.2, 0) is 0 Å². The predicted molar refractivity (Wildman–Crippen MR) is 80.7 cm³/mol. The Hall–Kier alpha value is -0.0800. The molecule has 0 aromatic heterocycles. The second-order valence-electron chi connectivity index (χ2n) is 6.57. The van der Waals surface area contributed by atoms with Crippen LogP contribution in [0.25, 0.3) is 0 Å². The molecule has 1 saturated carbocycles. The van der Waals surface area contributed by atoms with Crippen LogP contribution in [0.15, 0.2) is 0 Å². The number of rotatable bonds is 6. The fourth-order valence-corrected chi connectivity index (χ4v) is 3.62. The largest absolute Gasteiger partial charge is 0.329 e. The maximum Gasteiger partial charge on any atom is 0.0331 e. The molecule has 2 heteroatoms. The summed E-state index contributed by atoms with van der Waals surface area (Å²) in [4.78, 5) is 2.68. The zero-order valence-corrected chi connectivity index (χ0v) is 13.0. The molecule has 0 amide bonds. The summed E-state index contributed by atoms with van der Waals surface area (Å²) in [5, 5.41) is 0. The molecule has 0 bridgehead atoms. The van der Waals surface area contributed by atoms with E-state index in [2.05, 4.69) is 32.6 Å². The number of hydrogen-bond acceptors (Lipinski definition) is 2. The van der Waals surface area contributed by atoms with Crippen LogP contribution in [-0.4, -0.2) is 30.1 Å². The summed E-state index contributed by atoms with van der Waals surface area (Å²) in [7, 11) is 0. The van der Waals surface area contributed by atoms with Gasteiger partial charge < -0.3 is 5.73 Å². The van der Waals surface area contributed by atoms with E-state index in [0.717, 1.165) is 24.9 Å². The van der Waals surface area contributed by atoms with E-state index in [-0.39, 0.29) is 0 Å². The van der Waals surface area contributed by atoms with Gasteiger partial charge >= 0.3 is 0 Å². The lowest BCUT2D eigenvalue weighted by atomic mass is 9.86. The zero-order chi connectivity index (χ0) is 13.6. The third-order valence-corrected chi connectivity index (χ3v) is 4.87. The smallest absolute Gasteiger partial charge is 0.0331 e. The molecule has 0 saturated heterocycles. The summed E-state index contributed by atoms with van der Waals surface area (Å²) in [6.07, 6.45) is 8.12. The Balaban J connectivity index is 2.75. The van der Waals surface area contributed by atoms with Crippen molar-refractivity contribution in [1.82, 2.24) is 4.90 Å². The molecule has 0 spiro atoms. The van der Waals surface area contributed by atoms with Gasteiger partial charge in [0.25, 0.3) is 0 Å². The summed E-state index contributed by atoms with van der Waals surface area (Å²) in [5.74, 6) is 1.68. The summed E-state index contributed by atoms with van der Waals surface area (Å²) >= 11 is 0. The van der Waals surface area contributed by atoms with Crippen LogP contribution >= 0.6 is 0 Å². The van der Waals surface area contributed by atoms with Crippen LogP contribution in [0.3, 0.4) is 0 Å². The fourth-order valence-electron chi connectivity index (χ4n) is 3.62. The van der Waals surface area contributed by atoms with Crippen molar-refractivity contribution in [3.63, 3.8) is 0 Å². The minimum atomic E-state index is 0.295. The molecular weight excluding hydrogens is 220 g/mol. The maximum atomic E-state index is 6.21. The van der Waals surface area contributed by atoms with E-state index in [4.69, 9.17) is 5.73 Å². The van der Waals surface area contributed by atoms with E-state index in [0.29, 0.717) is 5.54 Å². The molecular formula is C16H34N2. The normalized spacial score (nSPS) is 29.8. The Labute approximate surface area is 114 Å². The highest BCUT2D eigenvalue weighted by Crippen LogP contribution is 2.35. The third-order valence-electron chi connectivity index (χ3n) is 4.87. The Morgan fingerprint density at radius 2 is 1.94 bits per heavy atom. The summed E-state index contributed by atoms with van der Waals surface area (Å²) in [5.41, 5.74) is 6.50. The summed E-state index contributed by atoms with van der Waals surface area (Å²) in [6.45, 7) is 12.4. The molecule has 1 fully saturated rings. The van der Waals surface area contributed by atoms with Gasteiger partial charge in [-0.1, -0.05) is 47.0 Å². The molecule has 1 aliphatic carbocycles. The van der Waals surface area contributed by atoms with Crippen molar-refractivity contribution in [3.8, 4) is 0 Å². The van der Waals surface area contributed by atoms with E-state index in [1.807, 2.05) is 0 Å². The van der Waals surface area contributed by atoms with Gasteiger partial charge in [-0.25, -0.2) is 0 Å². The Morgan fingerprint density at radius 3 is 2.44 bits per heavy atom. The monoisotopic (exact) mass is 254 g/mol. The van der Waals surface area contributed by atoms with E-state index < -0.39 is 0 Å². The average molecular weight is 254 g/mol. The second-order valence-corrected chi connectivity index (χ2v) is 6.57. The van der Waals surface area contributed by atoms with Gasteiger partial charge in [0.15, 0.2) is 0 Å². The van der Waals surface area contributed by atoms with E-state index in [9.17, 15) is 0 Å². The molecule has 2 nitrogen and oxygen atoms in total. The van der Waals surface area contributed by atoms with E-state index in [1.165, 1.54) is 45.1 Å². The quantitative estimate of drug-likeness (QED) is 0.733. The number of nitrogens with two attached hydrogens (primary N) is 1. The van der Waals surface area contributed by atoms with Gasteiger partial charge in [0.1, 0.15) is 0 Å². The van der Waals surface area contributed by atoms with Crippen molar-refractivity contribution in [2.45, 2.75) is 71.8 Å². The van der Waals surface area contributed by atoms with Crippen LogP contribution in [0.5, 0.6) is 0 Å². The molecule has 1 aliphatic rings. The topological polar surface area (TPSA) is 29.3 Å². The average Bonchev–Trinajstić information content (AvgIpc) is 2.58. The molecule has 2 atom stereocenters. The van der Waals surface area contributed by atoms with E-state index in [1.54, 1.807) is 0 Å². The van der Waals surface area contributed by atoms with Gasteiger partial charge in [0, 0.05) is 18.6 Å². The zero-order valence-electron chi connectivity index (χ0n) is 13.0. The van der Waals surface area contributed by atoms with Crippen molar-refractivity contribution in [2.75, 3.05) is 19.6 Å². The van der Waals surface area contributed by atoms with Crippen LogP contribution in [0, 0.1) is 11.8 Å². The Morgan fingerprint density at radius 1 is 1.22 bits per heavy atom. The van der Waals surface area contributed by atoms with Crippen molar-refractivity contribution >= 4 is 0 Å². The molecule has 0 aromatic rings. The first-order valence-electron chi connectivity index (χ1n) is 8.03. The Kier molecular flexibility index (Phi) is 6.65. The fraction of sp³-hybridized carbons (Fsp3) is 1.00. The highest BCUT2D eigenvalue weighted by Gasteiger charge is 2.36. The number of hydrogen-bond donors (Lipinski definition) is 1. The molecule has 108 valence electrons. The molecule has 18 heavy (non-hydrogen) atoms. The van der Waals surface area contributed by atoms with Crippen molar-refractivity contribution in [1.29, 1.82) is 0 Å². The van der Waals surface area contributed by atoms with Gasteiger partial charge in [-0.3, -0.25) is 4.90 Å². The van der Waals surface area contributed by atoms with Gasteiger partial charge in [0.2, 0.25) is 0 Å². The summed E-state index contributed by atoms with van der Waals surface area (Å²) in [6, 6.07) is 0. The highest BCUT2D eigenvalue weighted by molar-refractivity contribution is 4.94. The van der Waals surface area contributed by atoms with Gasteiger partial charge in [0.05, 0.1) is 0 Å². The lowest BCUT2D eigenvalue weighted by Crippen LogP contribution is -2.54. The minimum absolute atomic E-state index is 0.295. The highest BCUT2D eigenvalue weighted by atomic mass is 15.2. The third kappa shape index (κ3) is 3.96. The molecule has 0 heterocycles. The minimum Gasteiger partial charge on any atom is -0.329 e. The number of nitrogens with zero attached hydrogens (tertiary/aromatic N) is 1. The molecule has 0 aliphatic heterocycles. The standard InChI is InChI=1S/C16H34N2/c1-5-15-8-7-10-16(13-17,11-9-15)18(6-2)12-14(3)4/h14-15H,5-13,17H2,1-4H3. The van der Waals surface area contributed by atoms with Crippen LogP contribution < -0.4 is 5.73 Å². The molecule has 1 rings (SSSR count). The van der Waals surface area contributed by atoms with Crippen molar-refractivity contribution in [3.05, 3.63) is 0 Å². The first-order valence-corrected chi connectivity index (χ1v) is 8.03.